The van der Waals surface area contributed by atoms with E-state index in [1.165, 1.54) is 24.1 Å². The molecule has 3 heterocycles. The lowest BCUT2D eigenvalue weighted by atomic mass is 10.0. The summed E-state index contributed by atoms with van der Waals surface area (Å²) in [5.74, 6) is -2.97. The van der Waals surface area contributed by atoms with Gasteiger partial charge in [0.05, 0.1) is 0 Å². The molecule has 1 aromatic heterocycles. The Bertz CT molecular complexity index is 1020. The molecule has 2 atom stereocenters. The van der Waals surface area contributed by atoms with Crippen molar-refractivity contribution >= 4 is 57.7 Å². The number of fused-ring (bicyclic) bond motifs is 1. The predicted molar refractivity (Wildman–Crippen MR) is 116 cm³/mol. The Labute approximate surface area is 190 Å². The van der Waals surface area contributed by atoms with Gasteiger partial charge in [-0.25, -0.2) is 9.78 Å². The number of nitrogen functional groups attached to an aromatic ring is 1. The molecule has 2 amide bonds. The van der Waals surface area contributed by atoms with E-state index in [2.05, 4.69) is 15.5 Å². The van der Waals surface area contributed by atoms with Crippen molar-refractivity contribution in [2.24, 2.45) is 5.16 Å². The molecule has 3 rings (SSSR count). The third kappa shape index (κ3) is 4.85. The maximum absolute atomic E-state index is 12.9. The van der Waals surface area contributed by atoms with Gasteiger partial charge < -0.3 is 25.7 Å². The number of hydrogen-bond donors (Lipinski definition) is 3. The Balaban J connectivity index is 1.78. The molecule has 4 N–H and O–H groups in total. The average Bonchev–Trinajstić information content (AvgIpc) is 3.15. The van der Waals surface area contributed by atoms with Gasteiger partial charge in [0.15, 0.2) is 10.8 Å². The SMILES string of the molecule is CC(=O)OCC1=C(C(=O)O)N2C(=O)C(NC(=O)/C(=N/OC(C)C)c3csc(N)n3)[C@H]2SC1. The third-order valence-corrected chi connectivity index (χ3v) is 6.33. The second-order valence-electron chi connectivity index (χ2n) is 7.06. The van der Waals surface area contributed by atoms with Gasteiger partial charge in [0.1, 0.15) is 35.5 Å². The molecule has 2 aliphatic rings. The molecule has 1 saturated heterocycles. The molecule has 1 fully saturated rings. The maximum atomic E-state index is 12.9. The van der Waals surface area contributed by atoms with Crippen LogP contribution in [0.25, 0.3) is 0 Å². The van der Waals surface area contributed by atoms with Gasteiger partial charge in [-0.15, -0.1) is 23.1 Å². The molecule has 0 saturated carbocycles. The number of hydrogen-bond acceptors (Lipinski definition) is 11. The molecule has 2 aliphatic heterocycles. The average molecular weight is 484 g/mol. The van der Waals surface area contributed by atoms with Crippen LogP contribution in [0.1, 0.15) is 26.5 Å². The number of thiazole rings is 1. The van der Waals surface area contributed by atoms with Crippen LogP contribution in [0.4, 0.5) is 5.13 Å². The Morgan fingerprint density at radius 2 is 2.16 bits per heavy atom. The van der Waals surface area contributed by atoms with E-state index in [1.807, 2.05) is 0 Å². The van der Waals surface area contributed by atoms with Gasteiger partial charge in [0.25, 0.3) is 11.8 Å². The minimum Gasteiger partial charge on any atom is -0.477 e. The second kappa shape index (κ2) is 9.56. The number of anilines is 1. The highest BCUT2D eigenvalue weighted by molar-refractivity contribution is 8.00. The second-order valence-corrected chi connectivity index (χ2v) is 9.06. The maximum Gasteiger partial charge on any atom is 0.352 e. The number of nitrogens with one attached hydrogen (secondary N) is 1. The fraction of sp³-hybridized carbons (Fsp3) is 0.444. The van der Waals surface area contributed by atoms with Crippen molar-refractivity contribution in [2.45, 2.75) is 38.3 Å². The third-order valence-electron chi connectivity index (χ3n) is 4.32. The number of nitrogens with zero attached hydrogens (tertiary/aromatic N) is 3. The lowest BCUT2D eigenvalue weighted by Gasteiger charge is -2.49. The topological polar surface area (TPSA) is 174 Å². The summed E-state index contributed by atoms with van der Waals surface area (Å²) < 4.78 is 4.90. The number of thioether (sulfide) groups is 1. The van der Waals surface area contributed by atoms with E-state index < -0.39 is 35.2 Å². The summed E-state index contributed by atoms with van der Waals surface area (Å²) in [5.41, 5.74) is 5.75. The van der Waals surface area contributed by atoms with Crippen molar-refractivity contribution in [1.29, 1.82) is 0 Å². The van der Waals surface area contributed by atoms with Crippen LogP contribution in [0.5, 0.6) is 0 Å². The fourth-order valence-electron chi connectivity index (χ4n) is 2.95. The van der Waals surface area contributed by atoms with E-state index in [1.54, 1.807) is 13.8 Å². The van der Waals surface area contributed by atoms with Gasteiger partial charge in [-0.05, 0) is 13.8 Å². The van der Waals surface area contributed by atoms with Gasteiger partial charge in [0.2, 0.25) is 0 Å². The largest absolute Gasteiger partial charge is 0.477 e. The number of β-lactam (4-membered cyclic amide) rings is 1. The van der Waals surface area contributed by atoms with Crippen LogP contribution < -0.4 is 11.1 Å². The molecule has 0 bridgehead atoms. The lowest BCUT2D eigenvalue weighted by Crippen LogP contribution is -2.71. The molecular weight excluding hydrogens is 462 g/mol. The number of oxime groups is 1. The molecule has 1 unspecified atom stereocenters. The first kappa shape index (κ1) is 23.5. The zero-order valence-electron chi connectivity index (χ0n) is 17.4. The number of carboxylic acid groups (broad SMARTS) is 1. The molecule has 12 nitrogen and oxygen atoms in total. The normalized spacial score (nSPS) is 20.6. The van der Waals surface area contributed by atoms with Crippen LogP contribution in [0, 0.1) is 0 Å². The molecular formula is C18H21N5O7S2. The van der Waals surface area contributed by atoms with E-state index in [0.717, 1.165) is 16.2 Å². The van der Waals surface area contributed by atoms with Crippen LogP contribution in [-0.2, 0) is 28.8 Å². The first-order chi connectivity index (χ1) is 15.1. The summed E-state index contributed by atoms with van der Waals surface area (Å²) in [6, 6.07) is -0.975. The highest BCUT2D eigenvalue weighted by Crippen LogP contribution is 2.40. The van der Waals surface area contributed by atoms with E-state index >= 15 is 0 Å². The summed E-state index contributed by atoms with van der Waals surface area (Å²) in [6.45, 7) is 4.44. The first-order valence-corrected chi connectivity index (χ1v) is 11.3. The molecule has 0 spiro atoms. The number of aromatic nitrogens is 1. The summed E-state index contributed by atoms with van der Waals surface area (Å²) in [6.07, 6.45) is -0.303. The van der Waals surface area contributed by atoms with Gasteiger partial charge >= 0.3 is 11.9 Å². The Morgan fingerprint density at radius 3 is 2.72 bits per heavy atom. The van der Waals surface area contributed by atoms with Crippen LogP contribution in [0.15, 0.2) is 21.8 Å². The van der Waals surface area contributed by atoms with E-state index in [9.17, 15) is 24.3 Å². The van der Waals surface area contributed by atoms with Crippen molar-refractivity contribution in [3.8, 4) is 0 Å². The van der Waals surface area contributed by atoms with Crippen LogP contribution in [0.3, 0.4) is 0 Å². The summed E-state index contributed by atoms with van der Waals surface area (Å²) in [7, 11) is 0. The number of esters is 1. The summed E-state index contributed by atoms with van der Waals surface area (Å²) in [4.78, 5) is 58.8. The van der Waals surface area contributed by atoms with Gasteiger partial charge in [0, 0.05) is 23.6 Å². The van der Waals surface area contributed by atoms with Crippen molar-refractivity contribution in [2.75, 3.05) is 18.1 Å². The zero-order valence-corrected chi connectivity index (χ0v) is 19.0. The predicted octanol–water partition coefficient (Wildman–Crippen LogP) is 0.156. The molecule has 0 radical (unpaired) electrons. The fourth-order valence-corrected chi connectivity index (χ4v) is 4.83. The van der Waals surface area contributed by atoms with E-state index in [-0.39, 0.29) is 40.7 Å². The number of carboxylic acids is 1. The lowest BCUT2D eigenvalue weighted by molar-refractivity contribution is -0.150. The molecule has 172 valence electrons. The van der Waals surface area contributed by atoms with Crippen molar-refractivity contribution < 1.29 is 33.9 Å². The van der Waals surface area contributed by atoms with Gasteiger partial charge in [-0.2, -0.15) is 0 Å². The summed E-state index contributed by atoms with van der Waals surface area (Å²) in [5, 5.41) is 17.2. The number of nitrogens with two attached hydrogens (primary N) is 1. The van der Waals surface area contributed by atoms with Crippen molar-refractivity contribution in [3.05, 3.63) is 22.3 Å². The number of carbonyl (C=O) groups excluding carboxylic acids is 3. The summed E-state index contributed by atoms with van der Waals surface area (Å²) >= 11 is 2.37. The van der Waals surface area contributed by atoms with Gasteiger partial charge in [-0.1, -0.05) is 5.16 Å². The number of amides is 2. The number of carbonyl (C=O) groups is 4. The van der Waals surface area contributed by atoms with Crippen LogP contribution >= 0.6 is 23.1 Å². The monoisotopic (exact) mass is 483 g/mol. The number of rotatable bonds is 8. The van der Waals surface area contributed by atoms with E-state index in [4.69, 9.17) is 15.3 Å². The molecule has 1 aromatic rings. The molecule has 0 aliphatic carbocycles. The van der Waals surface area contributed by atoms with Gasteiger partial charge in [-0.3, -0.25) is 19.3 Å². The number of ether oxygens (including phenoxy) is 1. The van der Waals surface area contributed by atoms with Crippen LogP contribution in [-0.4, -0.2) is 74.3 Å². The standard InChI is InChI=1S/C18H21N5O7S2/c1-7(2)30-22-11(10-6-32-18(19)20-10)14(25)21-12-15(26)23-13(17(27)28)9(4-29-8(3)24)5-31-16(12)23/h6-7,12,16H,4-5H2,1-3H3,(H2,19,20)(H,21,25)(H,27,28)/b22-11+/t12?,16-/m1/s1. The van der Waals surface area contributed by atoms with E-state index in [0.29, 0.717) is 5.57 Å². The molecule has 14 heteroatoms. The zero-order chi connectivity index (χ0) is 23.6. The highest BCUT2D eigenvalue weighted by Gasteiger charge is 2.54. The van der Waals surface area contributed by atoms with Crippen molar-refractivity contribution in [3.63, 3.8) is 0 Å². The molecule has 32 heavy (non-hydrogen) atoms. The smallest absolute Gasteiger partial charge is 0.352 e. The number of aliphatic carboxylic acids is 1. The molecule has 0 aromatic carbocycles. The quantitative estimate of drug-likeness (QED) is 0.200. The Kier molecular flexibility index (Phi) is 7.03. The van der Waals surface area contributed by atoms with Crippen molar-refractivity contribution in [1.82, 2.24) is 15.2 Å². The minimum absolute atomic E-state index is 0.150. The highest BCUT2D eigenvalue weighted by atomic mass is 32.2. The van der Waals surface area contributed by atoms with Crippen LogP contribution in [0.2, 0.25) is 0 Å². The first-order valence-electron chi connectivity index (χ1n) is 9.39. The Hall–Kier alpha value is -3.13. The minimum atomic E-state index is -1.32. The Morgan fingerprint density at radius 1 is 1.44 bits per heavy atom.